The highest BCUT2D eigenvalue weighted by Crippen LogP contribution is 2.40. The van der Waals surface area contributed by atoms with E-state index in [-0.39, 0.29) is 23.2 Å². The van der Waals surface area contributed by atoms with Crippen LogP contribution in [-0.2, 0) is 28.7 Å². The third-order valence-corrected chi connectivity index (χ3v) is 6.84. The highest BCUT2D eigenvalue weighted by Gasteiger charge is 2.26. The number of benzene rings is 3. The zero-order chi connectivity index (χ0) is 28.1. The number of carbonyl (C=O) groups excluding carboxylic acids is 1. The van der Waals surface area contributed by atoms with Crippen molar-refractivity contribution in [2.45, 2.75) is 71.8 Å². The van der Waals surface area contributed by atoms with E-state index in [1.165, 1.54) is 0 Å². The molecule has 1 amide bonds. The number of ether oxygens (including phenoxy) is 1. The van der Waals surface area contributed by atoms with Gasteiger partial charge in [0.1, 0.15) is 18.1 Å². The summed E-state index contributed by atoms with van der Waals surface area (Å²) in [4.78, 5) is 12.4. The van der Waals surface area contributed by atoms with Crippen LogP contribution in [0.4, 0.5) is 0 Å². The molecule has 0 aliphatic carbocycles. The van der Waals surface area contributed by atoms with Crippen LogP contribution in [0.1, 0.15) is 75.8 Å². The first-order chi connectivity index (χ1) is 17.7. The van der Waals surface area contributed by atoms with Gasteiger partial charge in [-0.2, -0.15) is 5.10 Å². The van der Waals surface area contributed by atoms with Crippen LogP contribution in [0.3, 0.4) is 0 Å². The molecule has 0 radical (unpaired) electrons. The van der Waals surface area contributed by atoms with Crippen molar-refractivity contribution in [1.82, 2.24) is 5.43 Å². The number of phenolic OH excluding ortho intramolecular Hbond substituents is 1. The summed E-state index contributed by atoms with van der Waals surface area (Å²) in [5, 5.41) is 16.0. The third-order valence-electron chi connectivity index (χ3n) is 6.10. The summed E-state index contributed by atoms with van der Waals surface area (Å²) in [5.74, 6) is 0.870. The predicted octanol–water partition coefficient (Wildman–Crippen LogP) is 7.96. The van der Waals surface area contributed by atoms with E-state index in [1.54, 1.807) is 18.3 Å². The second-order valence-corrected chi connectivity index (χ2v) is 12.3. The number of hydrazone groups is 1. The molecule has 0 spiro atoms. The first kappa shape index (κ1) is 29.5. The van der Waals surface area contributed by atoms with E-state index in [4.69, 9.17) is 27.9 Å². The molecule has 3 aromatic carbocycles. The van der Waals surface area contributed by atoms with Gasteiger partial charge in [0.25, 0.3) is 0 Å². The second kappa shape index (κ2) is 12.2. The van der Waals surface area contributed by atoms with E-state index in [2.05, 4.69) is 52.1 Å². The maximum atomic E-state index is 12.4. The molecule has 202 valence electrons. The number of hydrogen-bond donors (Lipinski definition) is 2. The Labute approximate surface area is 235 Å². The Kier molecular flexibility index (Phi) is 9.50. The van der Waals surface area contributed by atoms with Gasteiger partial charge in [-0.15, -0.1) is 0 Å². The molecule has 0 aromatic heterocycles. The van der Waals surface area contributed by atoms with E-state index >= 15 is 0 Å². The van der Waals surface area contributed by atoms with Crippen molar-refractivity contribution in [2.75, 3.05) is 0 Å². The molecule has 0 fully saturated rings. The van der Waals surface area contributed by atoms with Gasteiger partial charge in [-0.1, -0.05) is 82.9 Å². The van der Waals surface area contributed by atoms with Gasteiger partial charge in [-0.05, 0) is 81.5 Å². The maximum Gasteiger partial charge on any atom is 0.240 e. The van der Waals surface area contributed by atoms with Crippen molar-refractivity contribution in [3.05, 3.63) is 92.5 Å². The second-order valence-electron chi connectivity index (χ2n) is 11.4. The average molecular weight is 556 g/mol. The minimum atomic E-state index is -0.212. The van der Waals surface area contributed by atoms with Crippen LogP contribution in [0.2, 0.25) is 10.0 Å². The lowest BCUT2D eigenvalue weighted by atomic mass is 9.78. The van der Waals surface area contributed by atoms with Crippen molar-refractivity contribution in [2.24, 2.45) is 5.10 Å². The predicted molar refractivity (Wildman–Crippen MR) is 157 cm³/mol. The van der Waals surface area contributed by atoms with Crippen molar-refractivity contribution in [3.63, 3.8) is 0 Å². The SMILES string of the molecule is CC(C)(C)c1cc(CCC(=O)N/N=C\c2ccc(OCc3ccc(Cl)c(Cl)c3)cc2)cc(C(C)(C)C)c1O. The number of carbonyl (C=O) groups is 1. The van der Waals surface area contributed by atoms with Gasteiger partial charge >= 0.3 is 0 Å². The van der Waals surface area contributed by atoms with E-state index in [1.807, 2.05) is 42.5 Å². The highest BCUT2D eigenvalue weighted by atomic mass is 35.5. The minimum absolute atomic E-state index is 0.175. The van der Waals surface area contributed by atoms with Gasteiger partial charge in [0.15, 0.2) is 0 Å². The first-order valence-electron chi connectivity index (χ1n) is 12.6. The molecule has 0 saturated carbocycles. The van der Waals surface area contributed by atoms with Crippen LogP contribution in [0.25, 0.3) is 0 Å². The lowest BCUT2D eigenvalue weighted by Gasteiger charge is -2.28. The minimum Gasteiger partial charge on any atom is -0.507 e. The summed E-state index contributed by atoms with van der Waals surface area (Å²) in [6.07, 6.45) is 2.44. The van der Waals surface area contributed by atoms with Gasteiger partial charge in [0.05, 0.1) is 16.3 Å². The van der Waals surface area contributed by atoms with Gasteiger partial charge in [0.2, 0.25) is 5.91 Å². The third kappa shape index (κ3) is 8.24. The molecule has 5 nitrogen and oxygen atoms in total. The molecule has 0 aliphatic rings. The van der Waals surface area contributed by atoms with Crippen LogP contribution in [0, 0.1) is 0 Å². The normalized spacial score (nSPS) is 12.1. The Morgan fingerprint density at radius 2 is 1.50 bits per heavy atom. The topological polar surface area (TPSA) is 70.9 Å². The molecular weight excluding hydrogens is 519 g/mol. The zero-order valence-corrected chi connectivity index (χ0v) is 24.4. The van der Waals surface area contributed by atoms with E-state index in [9.17, 15) is 9.90 Å². The van der Waals surface area contributed by atoms with Crippen molar-refractivity contribution in [3.8, 4) is 11.5 Å². The molecule has 3 aromatic rings. The van der Waals surface area contributed by atoms with Crippen LogP contribution < -0.4 is 10.2 Å². The molecule has 0 bridgehead atoms. The molecule has 0 unspecified atom stereocenters. The Balaban J connectivity index is 1.54. The number of rotatable bonds is 8. The fourth-order valence-electron chi connectivity index (χ4n) is 3.92. The smallest absolute Gasteiger partial charge is 0.240 e. The molecular formula is C31H36Cl2N2O3. The lowest BCUT2D eigenvalue weighted by Crippen LogP contribution is -2.20. The molecule has 0 heterocycles. The van der Waals surface area contributed by atoms with Gasteiger partial charge in [-0.3, -0.25) is 4.79 Å². The van der Waals surface area contributed by atoms with E-state index < -0.39 is 0 Å². The standard InChI is InChI=1S/C31H36Cl2N2O3/c1-30(2,3)24-15-21(16-25(29(24)37)31(4,5)6)10-14-28(36)35-34-18-20-7-11-23(12-8-20)38-19-22-9-13-26(32)27(33)17-22/h7-9,11-13,15-18,37H,10,14,19H2,1-6H3,(H,35,36)/b34-18-. The van der Waals surface area contributed by atoms with Gasteiger partial charge in [0, 0.05) is 6.42 Å². The number of nitrogens with one attached hydrogen (secondary N) is 1. The highest BCUT2D eigenvalue weighted by molar-refractivity contribution is 6.42. The Hall–Kier alpha value is -3.02. The molecule has 0 aliphatic heterocycles. The molecule has 0 atom stereocenters. The Morgan fingerprint density at radius 1 is 0.895 bits per heavy atom. The van der Waals surface area contributed by atoms with E-state index in [0.29, 0.717) is 34.6 Å². The van der Waals surface area contributed by atoms with E-state index in [0.717, 1.165) is 27.8 Å². The summed E-state index contributed by atoms with van der Waals surface area (Å²) in [7, 11) is 0. The average Bonchev–Trinajstić information content (AvgIpc) is 2.83. The van der Waals surface area contributed by atoms with Crippen LogP contribution in [0.15, 0.2) is 59.7 Å². The van der Waals surface area contributed by atoms with Crippen LogP contribution in [0.5, 0.6) is 11.5 Å². The number of aromatic hydroxyl groups is 1. The molecule has 0 saturated heterocycles. The number of amides is 1. The fourth-order valence-corrected chi connectivity index (χ4v) is 4.24. The lowest BCUT2D eigenvalue weighted by molar-refractivity contribution is -0.121. The van der Waals surface area contributed by atoms with Crippen LogP contribution >= 0.6 is 23.2 Å². The number of nitrogens with zero attached hydrogens (tertiary/aromatic N) is 1. The molecule has 3 rings (SSSR count). The number of aryl methyl sites for hydroxylation is 1. The zero-order valence-electron chi connectivity index (χ0n) is 22.9. The fraction of sp³-hybridized carbons (Fsp3) is 0.355. The first-order valence-corrected chi connectivity index (χ1v) is 13.3. The molecule has 7 heteroatoms. The summed E-state index contributed by atoms with van der Waals surface area (Å²) < 4.78 is 5.79. The summed E-state index contributed by atoms with van der Waals surface area (Å²) in [6, 6.07) is 16.8. The molecule has 2 N–H and O–H groups in total. The van der Waals surface area contributed by atoms with Crippen molar-refractivity contribution >= 4 is 35.3 Å². The van der Waals surface area contributed by atoms with Crippen LogP contribution in [-0.4, -0.2) is 17.2 Å². The number of phenols is 1. The quantitative estimate of drug-likeness (QED) is 0.219. The van der Waals surface area contributed by atoms with Gasteiger partial charge < -0.3 is 9.84 Å². The summed E-state index contributed by atoms with van der Waals surface area (Å²) >= 11 is 12.0. The maximum absolute atomic E-state index is 12.4. The van der Waals surface area contributed by atoms with Crippen molar-refractivity contribution in [1.29, 1.82) is 0 Å². The Morgan fingerprint density at radius 3 is 2.05 bits per heavy atom. The number of hydrogen-bond acceptors (Lipinski definition) is 4. The van der Waals surface area contributed by atoms with Gasteiger partial charge in [-0.25, -0.2) is 5.43 Å². The number of halogens is 2. The largest absolute Gasteiger partial charge is 0.507 e. The Bertz CT molecular complexity index is 1270. The van der Waals surface area contributed by atoms with Crippen molar-refractivity contribution < 1.29 is 14.6 Å². The summed E-state index contributed by atoms with van der Waals surface area (Å²) in [5.41, 5.74) is 6.73. The summed E-state index contributed by atoms with van der Waals surface area (Å²) in [6.45, 7) is 12.8. The monoisotopic (exact) mass is 554 g/mol. The molecule has 38 heavy (non-hydrogen) atoms.